The first-order chi connectivity index (χ1) is 9.09. The van der Waals surface area contributed by atoms with E-state index in [2.05, 4.69) is 10.1 Å². The molecule has 3 N–H and O–H groups in total. The number of hydrogen-bond acceptors (Lipinski definition) is 3. The summed E-state index contributed by atoms with van der Waals surface area (Å²) in [5, 5.41) is 2.72. The predicted molar refractivity (Wildman–Crippen MR) is 68.1 cm³/mol. The molecular formula is C13H17FN2O3. The van der Waals surface area contributed by atoms with Crippen LogP contribution in [0.2, 0.25) is 0 Å². The maximum atomic E-state index is 12.7. The number of rotatable bonds is 7. The number of benzene rings is 1. The molecular weight excluding hydrogens is 251 g/mol. The first-order valence-corrected chi connectivity index (χ1v) is 6.05. The first-order valence-electron chi connectivity index (χ1n) is 6.05. The monoisotopic (exact) mass is 268 g/mol. The molecule has 1 aromatic carbocycles. The Hall–Kier alpha value is -2.11. The Morgan fingerprint density at radius 1 is 1.16 bits per heavy atom. The molecule has 5 nitrogen and oxygen atoms in total. The third kappa shape index (κ3) is 6.40. The van der Waals surface area contributed by atoms with Crippen LogP contribution in [0.1, 0.15) is 29.6 Å². The van der Waals surface area contributed by atoms with Gasteiger partial charge in [-0.1, -0.05) is 0 Å². The average molecular weight is 268 g/mol. The van der Waals surface area contributed by atoms with Crippen molar-refractivity contribution >= 4 is 12.0 Å². The van der Waals surface area contributed by atoms with Crippen LogP contribution in [-0.2, 0) is 4.74 Å². The SMILES string of the molecule is NC(=O)OCCCCCNC(=O)c1ccc(F)cc1. The lowest BCUT2D eigenvalue weighted by Gasteiger charge is -2.05. The lowest BCUT2D eigenvalue weighted by atomic mass is 10.2. The molecule has 1 aromatic rings. The lowest BCUT2D eigenvalue weighted by Crippen LogP contribution is -2.24. The van der Waals surface area contributed by atoms with Crippen molar-refractivity contribution in [2.45, 2.75) is 19.3 Å². The molecule has 0 bridgehead atoms. The van der Waals surface area contributed by atoms with E-state index in [4.69, 9.17) is 5.73 Å². The van der Waals surface area contributed by atoms with Gasteiger partial charge in [-0.15, -0.1) is 0 Å². The average Bonchev–Trinajstić information content (AvgIpc) is 2.38. The summed E-state index contributed by atoms with van der Waals surface area (Å²) < 4.78 is 17.2. The molecule has 1 rings (SSSR count). The van der Waals surface area contributed by atoms with Gasteiger partial charge in [-0.25, -0.2) is 9.18 Å². The van der Waals surface area contributed by atoms with Crippen molar-refractivity contribution < 1.29 is 18.7 Å². The van der Waals surface area contributed by atoms with Gasteiger partial charge in [-0.05, 0) is 43.5 Å². The van der Waals surface area contributed by atoms with Gasteiger partial charge in [-0.2, -0.15) is 0 Å². The highest BCUT2D eigenvalue weighted by Gasteiger charge is 2.04. The molecule has 0 fully saturated rings. The van der Waals surface area contributed by atoms with Crippen LogP contribution in [0, 0.1) is 5.82 Å². The Labute approximate surface area is 110 Å². The van der Waals surface area contributed by atoms with Crippen LogP contribution in [0.3, 0.4) is 0 Å². The van der Waals surface area contributed by atoms with Gasteiger partial charge >= 0.3 is 6.09 Å². The number of hydrogen-bond donors (Lipinski definition) is 2. The molecule has 2 amide bonds. The Morgan fingerprint density at radius 3 is 2.47 bits per heavy atom. The molecule has 0 saturated carbocycles. The van der Waals surface area contributed by atoms with Gasteiger partial charge in [0.05, 0.1) is 6.61 Å². The summed E-state index contributed by atoms with van der Waals surface area (Å²) in [6.45, 7) is 0.814. The topological polar surface area (TPSA) is 81.4 Å². The Bertz CT molecular complexity index is 420. The molecule has 0 saturated heterocycles. The zero-order chi connectivity index (χ0) is 14.1. The number of halogens is 1. The molecule has 0 aliphatic heterocycles. The molecule has 0 aromatic heterocycles. The summed E-state index contributed by atoms with van der Waals surface area (Å²) in [6, 6.07) is 5.36. The maximum absolute atomic E-state index is 12.7. The third-order valence-electron chi connectivity index (χ3n) is 2.46. The Morgan fingerprint density at radius 2 is 1.84 bits per heavy atom. The van der Waals surface area contributed by atoms with Crippen molar-refractivity contribution in [2.75, 3.05) is 13.2 Å². The summed E-state index contributed by atoms with van der Waals surface area (Å²) in [6.07, 6.45) is 1.52. The summed E-state index contributed by atoms with van der Waals surface area (Å²) >= 11 is 0. The number of amides is 2. The van der Waals surface area contributed by atoms with Crippen molar-refractivity contribution in [2.24, 2.45) is 5.73 Å². The third-order valence-corrected chi connectivity index (χ3v) is 2.46. The fourth-order valence-corrected chi connectivity index (χ4v) is 1.48. The summed E-state index contributed by atoms with van der Waals surface area (Å²) in [4.78, 5) is 21.9. The maximum Gasteiger partial charge on any atom is 0.404 e. The molecule has 0 unspecified atom stereocenters. The highest BCUT2D eigenvalue weighted by molar-refractivity contribution is 5.94. The normalized spacial score (nSPS) is 9.95. The van der Waals surface area contributed by atoms with E-state index in [1.807, 2.05) is 0 Å². The number of nitrogens with two attached hydrogens (primary N) is 1. The fourth-order valence-electron chi connectivity index (χ4n) is 1.48. The molecule has 0 atom stereocenters. The number of unbranched alkanes of at least 4 members (excludes halogenated alkanes) is 2. The zero-order valence-electron chi connectivity index (χ0n) is 10.5. The van der Waals surface area contributed by atoms with Crippen LogP contribution in [0.5, 0.6) is 0 Å². The van der Waals surface area contributed by atoms with Crippen LogP contribution in [0.25, 0.3) is 0 Å². The van der Waals surface area contributed by atoms with E-state index in [1.165, 1.54) is 24.3 Å². The first kappa shape index (κ1) is 14.9. The highest BCUT2D eigenvalue weighted by Crippen LogP contribution is 2.02. The number of carbonyl (C=O) groups is 2. The zero-order valence-corrected chi connectivity index (χ0v) is 10.5. The van der Waals surface area contributed by atoms with E-state index in [0.29, 0.717) is 25.1 Å². The van der Waals surface area contributed by atoms with Crippen molar-refractivity contribution in [3.63, 3.8) is 0 Å². The second kappa shape index (κ2) is 8.07. The van der Waals surface area contributed by atoms with E-state index in [-0.39, 0.29) is 11.7 Å². The predicted octanol–water partition coefficient (Wildman–Crippen LogP) is 1.82. The van der Waals surface area contributed by atoms with Gasteiger partial charge in [-0.3, -0.25) is 4.79 Å². The van der Waals surface area contributed by atoms with E-state index < -0.39 is 6.09 Å². The number of carbonyl (C=O) groups excluding carboxylic acids is 2. The van der Waals surface area contributed by atoms with Crippen LogP contribution in [0.4, 0.5) is 9.18 Å². The number of nitrogens with one attached hydrogen (secondary N) is 1. The van der Waals surface area contributed by atoms with E-state index >= 15 is 0 Å². The van der Waals surface area contributed by atoms with E-state index in [9.17, 15) is 14.0 Å². The summed E-state index contributed by atoms with van der Waals surface area (Å²) in [5.41, 5.74) is 5.23. The standard InChI is InChI=1S/C13H17FN2O3/c14-11-6-4-10(5-7-11)12(17)16-8-2-1-3-9-19-13(15)18/h4-7H,1-3,8-9H2,(H2,15,18)(H,16,17). The number of ether oxygens (including phenoxy) is 1. The molecule has 0 aliphatic carbocycles. The van der Waals surface area contributed by atoms with Crippen LogP contribution in [0.15, 0.2) is 24.3 Å². The van der Waals surface area contributed by atoms with Crippen molar-refractivity contribution in [3.8, 4) is 0 Å². The van der Waals surface area contributed by atoms with Gasteiger partial charge in [0.1, 0.15) is 5.82 Å². The second-order valence-electron chi connectivity index (χ2n) is 3.99. The van der Waals surface area contributed by atoms with Crippen LogP contribution in [-0.4, -0.2) is 25.2 Å². The van der Waals surface area contributed by atoms with Crippen LogP contribution < -0.4 is 11.1 Å². The van der Waals surface area contributed by atoms with Gasteiger partial charge in [0.25, 0.3) is 5.91 Å². The molecule has 19 heavy (non-hydrogen) atoms. The molecule has 0 aliphatic rings. The van der Waals surface area contributed by atoms with Gasteiger partial charge in [0, 0.05) is 12.1 Å². The summed E-state index contributed by atoms with van der Waals surface area (Å²) in [5.74, 6) is -0.598. The van der Waals surface area contributed by atoms with E-state index in [0.717, 1.165) is 12.8 Å². The highest BCUT2D eigenvalue weighted by atomic mass is 19.1. The smallest absolute Gasteiger partial charge is 0.404 e. The largest absolute Gasteiger partial charge is 0.450 e. The molecule has 6 heteroatoms. The quantitative estimate of drug-likeness (QED) is 0.740. The van der Waals surface area contributed by atoms with Crippen molar-refractivity contribution in [1.29, 1.82) is 0 Å². The Balaban J connectivity index is 2.11. The number of primary amides is 1. The van der Waals surface area contributed by atoms with Gasteiger partial charge < -0.3 is 15.8 Å². The summed E-state index contributed by atoms with van der Waals surface area (Å²) in [7, 11) is 0. The minimum Gasteiger partial charge on any atom is -0.450 e. The minimum absolute atomic E-state index is 0.228. The molecule has 104 valence electrons. The fraction of sp³-hybridized carbons (Fsp3) is 0.385. The van der Waals surface area contributed by atoms with Crippen LogP contribution >= 0.6 is 0 Å². The van der Waals surface area contributed by atoms with Crippen molar-refractivity contribution in [1.82, 2.24) is 5.32 Å². The van der Waals surface area contributed by atoms with Gasteiger partial charge in [0.15, 0.2) is 0 Å². The minimum atomic E-state index is -0.774. The van der Waals surface area contributed by atoms with Crippen molar-refractivity contribution in [3.05, 3.63) is 35.6 Å². The molecule has 0 heterocycles. The van der Waals surface area contributed by atoms with Gasteiger partial charge in [0.2, 0.25) is 0 Å². The lowest BCUT2D eigenvalue weighted by molar-refractivity contribution is 0.0953. The Kier molecular flexibility index (Phi) is 6.35. The second-order valence-corrected chi connectivity index (χ2v) is 3.99. The molecule has 0 spiro atoms. The molecule has 0 radical (unpaired) electrons. The van der Waals surface area contributed by atoms with E-state index in [1.54, 1.807) is 0 Å².